The van der Waals surface area contributed by atoms with E-state index in [1.807, 2.05) is 0 Å². The van der Waals surface area contributed by atoms with Gasteiger partial charge in [0.1, 0.15) is 0 Å². The standard InChI is InChI=1S/C9H11P/c1-2-6-9-8(4-1)5-3-7-10-9/h1-2,4,6,8H,3,5,7H2. The van der Waals surface area contributed by atoms with Crippen LogP contribution in [0.4, 0.5) is 0 Å². The summed E-state index contributed by atoms with van der Waals surface area (Å²) in [6, 6.07) is 0. The zero-order valence-electron chi connectivity index (χ0n) is 5.96. The molecule has 2 aliphatic rings. The van der Waals surface area contributed by atoms with Crippen molar-refractivity contribution >= 4 is 13.5 Å². The Bertz CT molecular complexity index is 211. The van der Waals surface area contributed by atoms with Crippen molar-refractivity contribution in [1.29, 1.82) is 0 Å². The highest BCUT2D eigenvalue weighted by Crippen LogP contribution is 2.26. The fraction of sp³-hybridized carbons (Fsp3) is 0.444. The molecule has 10 heavy (non-hydrogen) atoms. The van der Waals surface area contributed by atoms with Crippen LogP contribution in [0, 0.1) is 5.92 Å². The molecule has 0 bridgehead atoms. The van der Waals surface area contributed by atoms with Gasteiger partial charge in [-0.2, -0.15) is 0 Å². The third-order valence-electron chi connectivity index (χ3n) is 2.07. The number of hydrogen-bond donors (Lipinski definition) is 0. The van der Waals surface area contributed by atoms with Gasteiger partial charge >= 0.3 is 0 Å². The molecule has 2 rings (SSSR count). The lowest BCUT2D eigenvalue weighted by molar-refractivity contribution is 0.725. The predicted molar refractivity (Wildman–Crippen MR) is 47.8 cm³/mol. The van der Waals surface area contributed by atoms with E-state index in [1.54, 1.807) is 13.5 Å². The number of allylic oxidation sites excluding steroid dienone is 4. The number of rotatable bonds is 0. The first-order valence-electron chi connectivity index (χ1n) is 3.86. The molecular weight excluding hydrogens is 139 g/mol. The first kappa shape index (κ1) is 6.37. The maximum Gasteiger partial charge on any atom is 0.00617 e. The zero-order chi connectivity index (χ0) is 6.81. The summed E-state index contributed by atoms with van der Waals surface area (Å²) in [7, 11) is 1.57. The topological polar surface area (TPSA) is 0 Å². The SMILES string of the molecule is C1=CC2=PCCCC2C=C1. The molecule has 0 fully saturated rings. The van der Waals surface area contributed by atoms with Crippen LogP contribution in [0.1, 0.15) is 12.8 Å². The summed E-state index contributed by atoms with van der Waals surface area (Å²) >= 11 is 0. The van der Waals surface area contributed by atoms with E-state index in [4.69, 9.17) is 0 Å². The fourth-order valence-corrected chi connectivity index (χ4v) is 2.75. The van der Waals surface area contributed by atoms with E-state index in [0.29, 0.717) is 0 Å². The molecule has 1 unspecified atom stereocenters. The summed E-state index contributed by atoms with van der Waals surface area (Å²) in [5.41, 5.74) is 0. The lowest BCUT2D eigenvalue weighted by Gasteiger charge is -2.19. The van der Waals surface area contributed by atoms with Crippen LogP contribution in [0.5, 0.6) is 0 Å². The molecule has 0 spiro atoms. The Morgan fingerprint density at radius 1 is 1.40 bits per heavy atom. The second-order valence-electron chi connectivity index (χ2n) is 2.80. The lowest BCUT2D eigenvalue weighted by Crippen LogP contribution is -2.13. The molecule has 0 saturated heterocycles. The van der Waals surface area contributed by atoms with Crippen LogP contribution >= 0.6 is 8.20 Å². The van der Waals surface area contributed by atoms with Gasteiger partial charge in [0.05, 0.1) is 0 Å². The smallest absolute Gasteiger partial charge is 0.00617 e. The maximum absolute atomic E-state index is 2.33. The van der Waals surface area contributed by atoms with Gasteiger partial charge in [0.25, 0.3) is 0 Å². The average Bonchev–Trinajstić information content (AvgIpc) is 2.05. The van der Waals surface area contributed by atoms with Crippen LogP contribution in [0.15, 0.2) is 24.3 Å². The van der Waals surface area contributed by atoms with E-state index >= 15 is 0 Å². The Hall–Kier alpha value is -0.350. The molecule has 52 valence electrons. The third-order valence-corrected chi connectivity index (χ3v) is 3.45. The third kappa shape index (κ3) is 1.09. The van der Waals surface area contributed by atoms with Gasteiger partial charge in [0.15, 0.2) is 0 Å². The van der Waals surface area contributed by atoms with Gasteiger partial charge in [0.2, 0.25) is 0 Å². The minimum absolute atomic E-state index is 0.792. The monoisotopic (exact) mass is 150 g/mol. The zero-order valence-corrected chi connectivity index (χ0v) is 6.85. The van der Waals surface area contributed by atoms with Crippen molar-refractivity contribution in [2.24, 2.45) is 5.92 Å². The molecule has 0 aromatic rings. The van der Waals surface area contributed by atoms with E-state index in [9.17, 15) is 0 Å². The lowest BCUT2D eigenvalue weighted by atomic mass is 9.95. The molecule has 0 amide bonds. The maximum atomic E-state index is 2.33. The first-order chi connectivity index (χ1) is 4.97. The number of fused-ring (bicyclic) bond motifs is 1. The van der Waals surface area contributed by atoms with E-state index in [0.717, 1.165) is 5.92 Å². The summed E-state index contributed by atoms with van der Waals surface area (Å²) in [6.07, 6.45) is 13.1. The van der Waals surface area contributed by atoms with Crippen molar-refractivity contribution in [2.75, 3.05) is 6.16 Å². The molecule has 1 atom stereocenters. The van der Waals surface area contributed by atoms with E-state index in [-0.39, 0.29) is 0 Å². The van der Waals surface area contributed by atoms with Crippen LogP contribution in [-0.2, 0) is 0 Å². The summed E-state index contributed by atoms with van der Waals surface area (Å²) in [6.45, 7) is 0. The van der Waals surface area contributed by atoms with Crippen molar-refractivity contribution in [3.8, 4) is 0 Å². The molecule has 0 aromatic carbocycles. The fourth-order valence-electron chi connectivity index (χ4n) is 1.51. The van der Waals surface area contributed by atoms with E-state index < -0.39 is 0 Å². The van der Waals surface area contributed by atoms with E-state index in [2.05, 4.69) is 24.3 Å². The van der Waals surface area contributed by atoms with Gasteiger partial charge in [0, 0.05) is 5.92 Å². The van der Waals surface area contributed by atoms with Crippen LogP contribution in [0.3, 0.4) is 0 Å². The van der Waals surface area contributed by atoms with Crippen molar-refractivity contribution in [3.05, 3.63) is 24.3 Å². The minimum atomic E-state index is 0.792. The molecular formula is C9H11P. The summed E-state index contributed by atoms with van der Waals surface area (Å²) in [4.78, 5) is 0. The van der Waals surface area contributed by atoms with Crippen LogP contribution < -0.4 is 0 Å². The minimum Gasteiger partial charge on any atom is -0.100 e. The summed E-state index contributed by atoms with van der Waals surface area (Å²) < 4.78 is 0. The normalized spacial score (nSPS) is 31.2. The molecule has 1 aliphatic carbocycles. The molecule has 1 heteroatoms. The molecule has 1 aliphatic heterocycles. The molecule has 0 saturated carbocycles. The Morgan fingerprint density at radius 2 is 2.40 bits per heavy atom. The molecule has 1 heterocycles. The Balaban J connectivity index is 2.27. The van der Waals surface area contributed by atoms with Crippen LogP contribution in [0.2, 0.25) is 0 Å². The summed E-state index contributed by atoms with van der Waals surface area (Å²) in [5, 5.41) is 1.63. The quantitative estimate of drug-likeness (QED) is 0.466. The highest BCUT2D eigenvalue weighted by Gasteiger charge is 2.14. The molecule has 0 N–H and O–H groups in total. The van der Waals surface area contributed by atoms with Crippen LogP contribution in [0.25, 0.3) is 0 Å². The average molecular weight is 150 g/mol. The van der Waals surface area contributed by atoms with Gasteiger partial charge in [-0.3, -0.25) is 0 Å². The Labute approximate surface area is 63.4 Å². The Kier molecular flexibility index (Phi) is 1.73. The Morgan fingerprint density at radius 3 is 3.30 bits per heavy atom. The highest BCUT2D eigenvalue weighted by atomic mass is 31.1. The second kappa shape index (κ2) is 2.72. The van der Waals surface area contributed by atoms with Crippen molar-refractivity contribution in [2.45, 2.75) is 12.8 Å². The van der Waals surface area contributed by atoms with E-state index in [1.165, 1.54) is 19.0 Å². The van der Waals surface area contributed by atoms with Gasteiger partial charge in [-0.05, 0) is 24.3 Å². The van der Waals surface area contributed by atoms with Gasteiger partial charge in [-0.1, -0.05) is 24.3 Å². The molecule has 0 nitrogen and oxygen atoms in total. The van der Waals surface area contributed by atoms with Gasteiger partial charge < -0.3 is 0 Å². The largest absolute Gasteiger partial charge is 0.100 e. The first-order valence-corrected chi connectivity index (χ1v) is 4.94. The van der Waals surface area contributed by atoms with Gasteiger partial charge in [-0.15, -0.1) is 8.20 Å². The van der Waals surface area contributed by atoms with Crippen molar-refractivity contribution in [1.82, 2.24) is 0 Å². The van der Waals surface area contributed by atoms with Gasteiger partial charge in [-0.25, -0.2) is 0 Å². The number of hydrogen-bond acceptors (Lipinski definition) is 0. The van der Waals surface area contributed by atoms with Crippen molar-refractivity contribution in [3.63, 3.8) is 0 Å². The van der Waals surface area contributed by atoms with Crippen LogP contribution in [-0.4, -0.2) is 11.5 Å². The van der Waals surface area contributed by atoms with Crippen molar-refractivity contribution < 1.29 is 0 Å². The predicted octanol–water partition coefficient (Wildman–Crippen LogP) is 2.64. The molecule has 0 radical (unpaired) electrons. The highest BCUT2D eigenvalue weighted by molar-refractivity contribution is 7.41. The second-order valence-corrected chi connectivity index (χ2v) is 4.08. The molecule has 0 aromatic heterocycles. The summed E-state index contributed by atoms with van der Waals surface area (Å²) in [5.74, 6) is 0.792.